The molecule has 0 aromatic heterocycles. The van der Waals surface area contributed by atoms with Gasteiger partial charge in [0.05, 0.1) is 12.2 Å². The zero-order valence-corrected chi connectivity index (χ0v) is 12.0. The molecule has 0 radical (unpaired) electrons. The largest absolute Gasteiger partial charge is 0.490 e. The van der Waals surface area contributed by atoms with Crippen LogP contribution in [0.1, 0.15) is 56.6 Å². The van der Waals surface area contributed by atoms with Gasteiger partial charge in [0.2, 0.25) is 0 Å². The van der Waals surface area contributed by atoms with E-state index >= 15 is 0 Å². The molecule has 3 aliphatic rings. The molecule has 2 nitrogen and oxygen atoms in total. The van der Waals surface area contributed by atoms with E-state index < -0.39 is 0 Å². The van der Waals surface area contributed by atoms with Crippen LogP contribution in [0.15, 0.2) is 24.3 Å². The average Bonchev–Trinajstić information content (AvgIpc) is 3.02. The zero-order valence-electron chi connectivity index (χ0n) is 12.0. The van der Waals surface area contributed by atoms with Crippen LogP contribution in [0, 0.1) is 17.8 Å². The van der Waals surface area contributed by atoms with Gasteiger partial charge in [-0.25, -0.2) is 0 Å². The van der Waals surface area contributed by atoms with E-state index in [1.54, 1.807) is 0 Å². The summed E-state index contributed by atoms with van der Waals surface area (Å²) in [6.07, 6.45) is 9.00. The maximum absolute atomic E-state index is 10.5. The van der Waals surface area contributed by atoms with Crippen molar-refractivity contribution in [1.29, 1.82) is 0 Å². The van der Waals surface area contributed by atoms with Crippen LogP contribution in [0.25, 0.3) is 0 Å². The first-order valence-electron chi connectivity index (χ1n) is 8.22. The van der Waals surface area contributed by atoms with Gasteiger partial charge in [0.1, 0.15) is 5.75 Å². The Morgan fingerprint density at radius 3 is 2.75 bits per heavy atom. The lowest BCUT2D eigenvalue weighted by molar-refractivity contribution is 0.125. The quantitative estimate of drug-likeness (QED) is 0.875. The lowest BCUT2D eigenvalue weighted by atomic mass is 9.83. The van der Waals surface area contributed by atoms with Crippen molar-refractivity contribution < 1.29 is 9.84 Å². The number of rotatable bonds is 5. The summed E-state index contributed by atoms with van der Waals surface area (Å²) in [4.78, 5) is 0. The summed E-state index contributed by atoms with van der Waals surface area (Å²) in [5, 5.41) is 10.5. The molecule has 108 valence electrons. The standard InChI is InChI=1S/C18H24O2/c19-18(11-15-9-12-4-5-13(15)8-12)14-2-1-3-17(10-14)20-16-6-7-16/h1-3,10,12-13,15-16,18-19H,4-9,11H2. The highest BCUT2D eigenvalue weighted by atomic mass is 16.5. The van der Waals surface area contributed by atoms with Gasteiger partial charge in [0.15, 0.2) is 0 Å². The lowest BCUT2D eigenvalue weighted by Gasteiger charge is -2.24. The number of ether oxygens (including phenoxy) is 1. The molecule has 4 rings (SSSR count). The molecule has 0 amide bonds. The van der Waals surface area contributed by atoms with Crippen molar-refractivity contribution in [1.82, 2.24) is 0 Å². The van der Waals surface area contributed by atoms with Crippen molar-refractivity contribution in [2.75, 3.05) is 0 Å². The Kier molecular flexibility index (Phi) is 3.22. The van der Waals surface area contributed by atoms with Crippen LogP contribution in [-0.4, -0.2) is 11.2 Å². The number of aliphatic hydroxyl groups excluding tert-OH is 1. The smallest absolute Gasteiger partial charge is 0.120 e. The number of hydrogen-bond acceptors (Lipinski definition) is 2. The van der Waals surface area contributed by atoms with Crippen LogP contribution in [0.5, 0.6) is 5.75 Å². The molecular formula is C18H24O2. The fourth-order valence-corrected chi connectivity index (χ4v) is 4.26. The normalized spacial score (nSPS) is 33.4. The van der Waals surface area contributed by atoms with Crippen molar-refractivity contribution in [2.45, 2.75) is 57.2 Å². The molecule has 3 saturated carbocycles. The monoisotopic (exact) mass is 272 g/mol. The molecule has 0 saturated heterocycles. The number of hydrogen-bond donors (Lipinski definition) is 1. The van der Waals surface area contributed by atoms with E-state index in [-0.39, 0.29) is 6.10 Å². The maximum atomic E-state index is 10.5. The molecular weight excluding hydrogens is 248 g/mol. The predicted octanol–water partition coefficient (Wildman–Crippen LogP) is 4.09. The SMILES string of the molecule is OC(CC1CC2CCC1C2)c1cccc(OC2CC2)c1. The van der Waals surface area contributed by atoms with Gasteiger partial charge >= 0.3 is 0 Å². The summed E-state index contributed by atoms with van der Waals surface area (Å²) in [6, 6.07) is 8.09. The van der Waals surface area contributed by atoms with Gasteiger partial charge in [-0.05, 0) is 74.0 Å². The van der Waals surface area contributed by atoms with Crippen molar-refractivity contribution >= 4 is 0 Å². The van der Waals surface area contributed by atoms with Gasteiger partial charge in [-0.15, -0.1) is 0 Å². The van der Waals surface area contributed by atoms with Crippen LogP contribution in [0.3, 0.4) is 0 Å². The predicted molar refractivity (Wildman–Crippen MR) is 78.6 cm³/mol. The highest BCUT2D eigenvalue weighted by Gasteiger charge is 2.40. The minimum Gasteiger partial charge on any atom is -0.490 e. The Bertz CT molecular complexity index is 480. The third kappa shape index (κ3) is 2.58. The Labute approximate surface area is 121 Å². The Morgan fingerprint density at radius 2 is 2.05 bits per heavy atom. The van der Waals surface area contributed by atoms with Gasteiger partial charge in [0, 0.05) is 0 Å². The number of aliphatic hydroxyl groups is 1. The van der Waals surface area contributed by atoms with Gasteiger partial charge < -0.3 is 9.84 Å². The summed E-state index contributed by atoms with van der Waals surface area (Å²) in [7, 11) is 0. The highest BCUT2D eigenvalue weighted by Crippen LogP contribution is 2.51. The number of fused-ring (bicyclic) bond motifs is 2. The molecule has 1 aromatic rings. The average molecular weight is 272 g/mol. The van der Waals surface area contributed by atoms with E-state index in [0.29, 0.717) is 6.10 Å². The van der Waals surface area contributed by atoms with E-state index in [1.807, 2.05) is 24.3 Å². The molecule has 0 heterocycles. The molecule has 2 bridgehead atoms. The Morgan fingerprint density at radius 1 is 1.15 bits per heavy atom. The van der Waals surface area contributed by atoms with Gasteiger partial charge in [0.25, 0.3) is 0 Å². The van der Waals surface area contributed by atoms with Crippen molar-refractivity contribution in [3.05, 3.63) is 29.8 Å². The summed E-state index contributed by atoms with van der Waals surface area (Å²) in [6.45, 7) is 0. The Hall–Kier alpha value is -1.02. The minimum atomic E-state index is -0.317. The van der Waals surface area contributed by atoms with E-state index in [4.69, 9.17) is 4.74 Å². The summed E-state index contributed by atoms with van der Waals surface area (Å²) >= 11 is 0. The molecule has 20 heavy (non-hydrogen) atoms. The second kappa shape index (κ2) is 5.07. The van der Waals surface area contributed by atoms with Gasteiger partial charge in [-0.3, -0.25) is 0 Å². The molecule has 2 heteroatoms. The topological polar surface area (TPSA) is 29.5 Å². The molecule has 1 aromatic carbocycles. The first kappa shape index (κ1) is 12.7. The van der Waals surface area contributed by atoms with Crippen molar-refractivity contribution in [3.8, 4) is 5.75 Å². The third-order valence-corrected chi connectivity index (χ3v) is 5.48. The highest BCUT2D eigenvalue weighted by molar-refractivity contribution is 5.30. The molecule has 0 spiro atoms. The molecule has 3 fully saturated rings. The molecule has 0 aliphatic heterocycles. The molecule has 3 aliphatic carbocycles. The van der Waals surface area contributed by atoms with E-state index in [9.17, 15) is 5.11 Å². The van der Waals surface area contributed by atoms with E-state index in [2.05, 4.69) is 0 Å². The Balaban J connectivity index is 1.41. The first-order chi connectivity index (χ1) is 9.78. The van der Waals surface area contributed by atoms with E-state index in [1.165, 1.54) is 38.5 Å². The van der Waals surface area contributed by atoms with Gasteiger partial charge in [-0.1, -0.05) is 18.6 Å². The second-order valence-electron chi connectivity index (χ2n) is 7.08. The molecule has 1 N–H and O–H groups in total. The summed E-state index contributed by atoms with van der Waals surface area (Å²) in [5.41, 5.74) is 1.03. The van der Waals surface area contributed by atoms with Crippen LogP contribution in [-0.2, 0) is 0 Å². The number of benzene rings is 1. The van der Waals surface area contributed by atoms with Crippen LogP contribution in [0.2, 0.25) is 0 Å². The molecule has 4 unspecified atom stereocenters. The maximum Gasteiger partial charge on any atom is 0.120 e. The van der Waals surface area contributed by atoms with Crippen LogP contribution < -0.4 is 4.74 Å². The van der Waals surface area contributed by atoms with Gasteiger partial charge in [-0.2, -0.15) is 0 Å². The summed E-state index contributed by atoms with van der Waals surface area (Å²) < 4.78 is 5.82. The minimum absolute atomic E-state index is 0.317. The molecule has 4 atom stereocenters. The third-order valence-electron chi connectivity index (χ3n) is 5.48. The van der Waals surface area contributed by atoms with E-state index in [0.717, 1.165) is 35.5 Å². The van der Waals surface area contributed by atoms with Crippen LogP contribution >= 0.6 is 0 Å². The van der Waals surface area contributed by atoms with Crippen molar-refractivity contribution in [2.24, 2.45) is 17.8 Å². The fraction of sp³-hybridized carbons (Fsp3) is 0.667. The lowest BCUT2D eigenvalue weighted by Crippen LogP contribution is -2.14. The second-order valence-corrected chi connectivity index (χ2v) is 7.08. The van der Waals surface area contributed by atoms with Crippen LogP contribution in [0.4, 0.5) is 0 Å². The van der Waals surface area contributed by atoms with Crippen molar-refractivity contribution in [3.63, 3.8) is 0 Å². The fourth-order valence-electron chi connectivity index (χ4n) is 4.26. The zero-order chi connectivity index (χ0) is 13.5. The summed E-state index contributed by atoms with van der Waals surface area (Å²) in [5.74, 6) is 3.52. The first-order valence-corrected chi connectivity index (χ1v) is 8.22.